The van der Waals surface area contributed by atoms with Crippen LogP contribution in [-0.4, -0.2) is 26.5 Å². The lowest BCUT2D eigenvalue weighted by atomic mass is 10.2. The molecular formula is C30H30Cl2O2P2. The fraction of sp³-hybridized carbons (Fsp3) is 0.200. The molecule has 2 unspecified atom stereocenters. The van der Waals surface area contributed by atoms with Crippen LogP contribution < -0.4 is 20.1 Å². The van der Waals surface area contributed by atoms with Crippen LogP contribution in [0.5, 0.6) is 11.5 Å². The van der Waals surface area contributed by atoms with Crippen LogP contribution in [0.3, 0.4) is 0 Å². The van der Waals surface area contributed by atoms with E-state index in [1.54, 1.807) is 14.2 Å². The van der Waals surface area contributed by atoms with E-state index in [1.807, 2.05) is 48.5 Å². The number of benzene rings is 4. The van der Waals surface area contributed by atoms with Gasteiger partial charge in [0.05, 0.1) is 14.2 Å². The smallest absolute Gasteiger partial charge is 0.122 e. The van der Waals surface area contributed by atoms with E-state index in [4.69, 9.17) is 32.7 Å². The van der Waals surface area contributed by atoms with Crippen molar-refractivity contribution >= 4 is 49.7 Å². The molecule has 36 heavy (non-hydrogen) atoms. The highest BCUT2D eigenvalue weighted by atomic mass is 35.5. The Hall–Kier alpha value is -2.08. The zero-order valence-electron chi connectivity index (χ0n) is 20.5. The summed E-state index contributed by atoms with van der Waals surface area (Å²) < 4.78 is 11.4. The van der Waals surface area contributed by atoms with E-state index in [0.717, 1.165) is 46.2 Å². The van der Waals surface area contributed by atoms with Gasteiger partial charge in [-0.15, -0.1) is 0 Å². The van der Waals surface area contributed by atoms with Crippen LogP contribution in [0.25, 0.3) is 0 Å². The molecule has 0 aliphatic carbocycles. The van der Waals surface area contributed by atoms with Gasteiger partial charge >= 0.3 is 0 Å². The van der Waals surface area contributed by atoms with E-state index in [0.29, 0.717) is 0 Å². The number of ether oxygens (including phenoxy) is 2. The molecule has 0 aromatic heterocycles. The van der Waals surface area contributed by atoms with Crippen LogP contribution in [0.1, 0.15) is 11.1 Å². The number of para-hydroxylation sites is 2. The van der Waals surface area contributed by atoms with Crippen molar-refractivity contribution in [3.63, 3.8) is 0 Å². The molecule has 4 rings (SSSR count). The summed E-state index contributed by atoms with van der Waals surface area (Å²) in [6.45, 7) is 0. The Kier molecular flexibility index (Phi) is 10.1. The summed E-state index contributed by atoms with van der Waals surface area (Å²) in [5, 5.41) is 4.27. The molecule has 0 heterocycles. The molecule has 4 aromatic carbocycles. The van der Waals surface area contributed by atoms with Gasteiger partial charge in [-0.05, 0) is 70.5 Å². The second-order valence-electron chi connectivity index (χ2n) is 8.42. The normalized spacial score (nSPS) is 12.7. The van der Waals surface area contributed by atoms with Crippen molar-refractivity contribution in [2.75, 3.05) is 26.5 Å². The van der Waals surface area contributed by atoms with E-state index in [2.05, 4.69) is 48.5 Å². The second-order valence-corrected chi connectivity index (χ2v) is 14.0. The van der Waals surface area contributed by atoms with E-state index in [1.165, 1.54) is 21.7 Å². The van der Waals surface area contributed by atoms with Crippen LogP contribution in [0.15, 0.2) is 97.1 Å². The molecule has 0 N–H and O–H groups in total. The molecule has 0 saturated heterocycles. The third-order valence-electron chi connectivity index (χ3n) is 6.13. The number of rotatable bonds is 11. The number of hydrogen-bond acceptors (Lipinski definition) is 2. The van der Waals surface area contributed by atoms with E-state index < -0.39 is 15.8 Å². The van der Waals surface area contributed by atoms with Gasteiger partial charge in [0.25, 0.3) is 0 Å². The largest absolute Gasteiger partial charge is 0.496 e. The van der Waals surface area contributed by atoms with Gasteiger partial charge in [0, 0.05) is 22.4 Å². The molecule has 0 saturated carbocycles. The Morgan fingerprint density at radius 1 is 0.528 bits per heavy atom. The van der Waals surface area contributed by atoms with E-state index >= 15 is 0 Å². The molecule has 186 valence electrons. The minimum absolute atomic E-state index is 0.461. The first-order valence-corrected chi connectivity index (χ1v) is 16.0. The van der Waals surface area contributed by atoms with Gasteiger partial charge in [-0.2, -0.15) is 0 Å². The van der Waals surface area contributed by atoms with Crippen molar-refractivity contribution in [2.45, 2.75) is 12.3 Å². The fourth-order valence-corrected chi connectivity index (χ4v) is 10.1. The first-order chi connectivity index (χ1) is 17.6. The summed E-state index contributed by atoms with van der Waals surface area (Å²) in [5.41, 5.74) is 2.50. The Labute approximate surface area is 227 Å². The van der Waals surface area contributed by atoms with Crippen molar-refractivity contribution in [3.05, 3.63) is 118 Å². The monoisotopic (exact) mass is 554 g/mol. The Morgan fingerprint density at radius 2 is 0.889 bits per heavy atom. The molecule has 0 fully saturated rings. The maximum absolute atomic E-state index is 6.23. The molecular weight excluding hydrogens is 525 g/mol. The molecule has 0 amide bonds. The predicted octanol–water partition coefficient (Wildman–Crippen LogP) is 8.33. The molecule has 0 radical (unpaired) electrons. The quantitative estimate of drug-likeness (QED) is 0.173. The molecule has 0 aliphatic rings. The van der Waals surface area contributed by atoms with Gasteiger partial charge in [-0.3, -0.25) is 0 Å². The Balaban J connectivity index is 1.62. The molecule has 0 aliphatic heterocycles. The summed E-state index contributed by atoms with van der Waals surface area (Å²) in [6, 6.07) is 33.5. The lowest BCUT2D eigenvalue weighted by Crippen LogP contribution is -2.12. The molecule has 6 heteroatoms. The maximum atomic E-state index is 6.23. The minimum atomic E-state index is -0.461. The standard InChI is InChI=1S/C30H30Cl2O2P2/c1-33-29-9-5-3-7-23(29)21-35(27-15-11-25(31)12-16-27)19-20-36(28-17-13-26(32)14-18-28)22-24-8-4-6-10-30(24)34-2/h3-18H,19-22H2,1-2H3. The molecule has 4 aromatic rings. The zero-order valence-corrected chi connectivity index (χ0v) is 23.8. The summed E-state index contributed by atoms with van der Waals surface area (Å²) in [4.78, 5) is 0. The lowest BCUT2D eigenvalue weighted by Gasteiger charge is -2.25. The molecule has 0 bridgehead atoms. The molecule has 2 atom stereocenters. The maximum Gasteiger partial charge on any atom is 0.122 e. The number of hydrogen-bond donors (Lipinski definition) is 0. The van der Waals surface area contributed by atoms with Crippen molar-refractivity contribution < 1.29 is 9.47 Å². The van der Waals surface area contributed by atoms with E-state index in [9.17, 15) is 0 Å². The summed E-state index contributed by atoms with van der Waals surface area (Å²) in [6.07, 6.45) is 4.16. The third kappa shape index (κ3) is 7.24. The first-order valence-electron chi connectivity index (χ1n) is 11.8. The van der Waals surface area contributed by atoms with Crippen LogP contribution in [-0.2, 0) is 12.3 Å². The Bertz CT molecular complexity index is 1150. The number of methoxy groups -OCH3 is 2. The van der Waals surface area contributed by atoms with E-state index in [-0.39, 0.29) is 0 Å². The van der Waals surface area contributed by atoms with Crippen LogP contribution >= 0.6 is 39.0 Å². The van der Waals surface area contributed by atoms with Crippen molar-refractivity contribution in [1.82, 2.24) is 0 Å². The highest BCUT2D eigenvalue weighted by molar-refractivity contribution is 7.68. The van der Waals surface area contributed by atoms with Crippen LogP contribution in [0.4, 0.5) is 0 Å². The number of halogens is 2. The van der Waals surface area contributed by atoms with Gasteiger partial charge in [-0.25, -0.2) is 0 Å². The van der Waals surface area contributed by atoms with Gasteiger partial charge < -0.3 is 9.47 Å². The predicted molar refractivity (Wildman–Crippen MR) is 159 cm³/mol. The van der Waals surface area contributed by atoms with Gasteiger partial charge in [0.2, 0.25) is 0 Å². The molecule has 2 nitrogen and oxygen atoms in total. The van der Waals surface area contributed by atoms with Gasteiger partial charge in [-0.1, -0.05) is 99.7 Å². The van der Waals surface area contributed by atoms with Crippen LogP contribution in [0, 0.1) is 0 Å². The lowest BCUT2D eigenvalue weighted by molar-refractivity contribution is 0.411. The molecule has 0 spiro atoms. The average molecular weight is 555 g/mol. The topological polar surface area (TPSA) is 18.5 Å². The highest BCUT2D eigenvalue weighted by Crippen LogP contribution is 2.48. The Morgan fingerprint density at radius 3 is 1.25 bits per heavy atom. The summed E-state index contributed by atoms with van der Waals surface area (Å²) in [7, 11) is 2.57. The second kappa shape index (κ2) is 13.5. The third-order valence-corrected chi connectivity index (χ3v) is 12.0. The highest BCUT2D eigenvalue weighted by Gasteiger charge is 2.20. The summed E-state index contributed by atoms with van der Waals surface area (Å²) in [5.74, 6) is 1.90. The SMILES string of the molecule is COc1ccccc1CP(CCP(Cc1ccccc1OC)c1ccc(Cl)cc1)c1ccc(Cl)cc1. The van der Waals surface area contributed by atoms with Crippen LogP contribution in [0.2, 0.25) is 10.0 Å². The minimum Gasteiger partial charge on any atom is -0.496 e. The van der Waals surface area contributed by atoms with Crippen molar-refractivity contribution in [3.8, 4) is 11.5 Å². The van der Waals surface area contributed by atoms with Gasteiger partial charge in [0.15, 0.2) is 0 Å². The van der Waals surface area contributed by atoms with Gasteiger partial charge in [0.1, 0.15) is 11.5 Å². The van der Waals surface area contributed by atoms with Crippen molar-refractivity contribution in [1.29, 1.82) is 0 Å². The zero-order chi connectivity index (χ0) is 25.3. The first kappa shape index (κ1) is 27.0. The van der Waals surface area contributed by atoms with Crippen molar-refractivity contribution in [2.24, 2.45) is 0 Å². The fourth-order valence-electron chi connectivity index (χ4n) is 4.22. The summed E-state index contributed by atoms with van der Waals surface area (Å²) >= 11 is 12.5. The average Bonchev–Trinajstić information content (AvgIpc) is 2.91.